The van der Waals surface area contributed by atoms with E-state index in [4.69, 9.17) is 0 Å². The quantitative estimate of drug-likeness (QED) is 0.687. The Balaban J connectivity index is 2.63. The van der Waals surface area contributed by atoms with Gasteiger partial charge in [0.25, 0.3) is 5.56 Å². The van der Waals surface area contributed by atoms with Gasteiger partial charge in [0, 0.05) is 0 Å². The molecule has 1 aromatic carbocycles. The first-order chi connectivity index (χ1) is 6.68. The molecule has 0 aliphatic heterocycles. The van der Waals surface area contributed by atoms with Crippen molar-refractivity contribution in [2.45, 2.75) is 6.54 Å². The highest BCUT2D eigenvalue weighted by Crippen LogP contribution is 2.15. The van der Waals surface area contributed by atoms with Crippen LogP contribution in [0.15, 0.2) is 29.1 Å². The van der Waals surface area contributed by atoms with Crippen molar-refractivity contribution in [3.05, 3.63) is 34.6 Å². The van der Waals surface area contributed by atoms with E-state index < -0.39 is 5.97 Å². The van der Waals surface area contributed by atoms with Gasteiger partial charge in [0.2, 0.25) is 0 Å². The molecule has 0 atom stereocenters. The normalized spacial score (nSPS) is 10.6. The summed E-state index contributed by atoms with van der Waals surface area (Å²) in [5.41, 5.74) is -0.269. The highest BCUT2D eigenvalue weighted by molar-refractivity contribution is 7.13. The topological polar surface area (TPSA) is 62.1 Å². The number of hydrogen-bond acceptors (Lipinski definition) is 4. The number of aliphatic carboxylic acids is 1. The molecule has 14 heavy (non-hydrogen) atoms. The molecule has 0 saturated carbocycles. The summed E-state index contributed by atoms with van der Waals surface area (Å²) in [5.74, 6) is -1.25. The number of nitrogens with zero attached hydrogens (tertiary/aromatic N) is 1. The van der Waals surface area contributed by atoms with Gasteiger partial charge in [-0.3, -0.25) is 8.75 Å². The third-order valence-electron chi connectivity index (χ3n) is 1.83. The highest BCUT2D eigenvalue weighted by Gasteiger charge is 2.05. The predicted octanol–water partition coefficient (Wildman–Crippen LogP) is -0.187. The molecule has 0 amide bonds. The molecular weight excluding hydrogens is 202 g/mol. The molecule has 1 heterocycles. The Morgan fingerprint density at radius 2 is 2.14 bits per heavy atom. The molecule has 0 fully saturated rings. The van der Waals surface area contributed by atoms with Gasteiger partial charge in [0.05, 0.1) is 22.6 Å². The summed E-state index contributed by atoms with van der Waals surface area (Å²) in [7, 11) is 0. The third-order valence-corrected chi connectivity index (χ3v) is 2.89. The van der Waals surface area contributed by atoms with E-state index in [1.165, 1.54) is 3.96 Å². The molecule has 2 aromatic rings. The first kappa shape index (κ1) is 8.96. The van der Waals surface area contributed by atoms with Crippen molar-refractivity contribution in [2.24, 2.45) is 0 Å². The molecule has 0 unspecified atom stereocenters. The van der Waals surface area contributed by atoms with Crippen LogP contribution in [0.1, 0.15) is 0 Å². The second kappa shape index (κ2) is 3.26. The number of carboxylic acids is 1. The molecule has 0 aliphatic rings. The van der Waals surface area contributed by atoms with Crippen LogP contribution in [0.2, 0.25) is 0 Å². The Morgan fingerprint density at radius 1 is 1.43 bits per heavy atom. The maximum atomic E-state index is 11.5. The number of carbonyl (C=O) groups is 1. The first-order valence-corrected chi connectivity index (χ1v) is 4.74. The molecule has 0 radical (unpaired) electrons. The van der Waals surface area contributed by atoms with Crippen molar-refractivity contribution < 1.29 is 9.90 Å². The fourth-order valence-electron chi connectivity index (χ4n) is 1.24. The predicted molar refractivity (Wildman–Crippen MR) is 51.1 cm³/mol. The second-order valence-corrected chi connectivity index (χ2v) is 3.86. The molecule has 0 N–H and O–H groups in total. The van der Waals surface area contributed by atoms with Crippen molar-refractivity contribution >= 4 is 27.6 Å². The van der Waals surface area contributed by atoms with Gasteiger partial charge in [0.15, 0.2) is 0 Å². The zero-order valence-electron chi connectivity index (χ0n) is 7.10. The lowest BCUT2D eigenvalue weighted by molar-refractivity contribution is -0.306. The van der Waals surface area contributed by atoms with E-state index in [9.17, 15) is 14.7 Å². The van der Waals surface area contributed by atoms with Crippen molar-refractivity contribution in [3.63, 3.8) is 0 Å². The van der Waals surface area contributed by atoms with Gasteiger partial charge in [-0.25, -0.2) is 0 Å². The molecule has 4 nitrogen and oxygen atoms in total. The molecule has 0 saturated heterocycles. The minimum absolute atomic E-state index is 0.269. The molecule has 1 aromatic heterocycles. The number of hydrogen-bond donors (Lipinski definition) is 0. The second-order valence-electron chi connectivity index (χ2n) is 2.80. The van der Waals surface area contributed by atoms with Crippen molar-refractivity contribution in [1.82, 2.24) is 3.96 Å². The molecular formula is C9H6NO3S-. The van der Waals surface area contributed by atoms with Gasteiger partial charge in [0.1, 0.15) is 0 Å². The van der Waals surface area contributed by atoms with E-state index in [0.29, 0.717) is 5.39 Å². The lowest BCUT2D eigenvalue weighted by Crippen LogP contribution is -2.30. The van der Waals surface area contributed by atoms with Gasteiger partial charge >= 0.3 is 0 Å². The van der Waals surface area contributed by atoms with Crippen LogP contribution in [0, 0.1) is 0 Å². The lowest BCUT2D eigenvalue weighted by Gasteiger charge is -1.99. The Hall–Kier alpha value is -1.62. The van der Waals surface area contributed by atoms with Gasteiger partial charge in [-0.1, -0.05) is 23.7 Å². The average molecular weight is 208 g/mol. The minimum Gasteiger partial charge on any atom is -0.548 e. The van der Waals surface area contributed by atoms with E-state index in [-0.39, 0.29) is 12.1 Å². The Morgan fingerprint density at radius 3 is 2.79 bits per heavy atom. The van der Waals surface area contributed by atoms with Crippen LogP contribution in [0.25, 0.3) is 10.1 Å². The fraction of sp³-hybridized carbons (Fsp3) is 0.111. The summed E-state index contributed by atoms with van der Waals surface area (Å²) in [6.07, 6.45) is 0. The van der Waals surface area contributed by atoms with Crippen LogP contribution in [0.4, 0.5) is 0 Å². The standard InChI is InChI=1S/C9H7NO3S/c11-8(12)5-10-9(13)6-3-1-2-4-7(6)14-10/h1-4H,5H2,(H,11,12)/p-1. The molecule has 0 spiro atoms. The van der Waals surface area contributed by atoms with Crippen LogP contribution in [-0.4, -0.2) is 9.93 Å². The van der Waals surface area contributed by atoms with Gasteiger partial charge < -0.3 is 9.90 Å². The molecule has 72 valence electrons. The van der Waals surface area contributed by atoms with Crippen LogP contribution < -0.4 is 10.7 Å². The first-order valence-electron chi connectivity index (χ1n) is 3.97. The fourth-order valence-corrected chi connectivity index (χ4v) is 2.22. The highest BCUT2D eigenvalue weighted by atomic mass is 32.1. The number of carboxylic acid groups (broad SMARTS) is 1. The lowest BCUT2D eigenvalue weighted by atomic mass is 10.3. The Bertz CT molecular complexity index is 540. The SMILES string of the molecule is O=C([O-])Cn1sc2ccccc2c1=O. The Kier molecular flexibility index (Phi) is 2.09. The maximum absolute atomic E-state index is 11.5. The third kappa shape index (κ3) is 1.42. The van der Waals surface area contributed by atoms with Crippen molar-refractivity contribution in [2.75, 3.05) is 0 Å². The summed E-state index contributed by atoms with van der Waals surface area (Å²) in [6, 6.07) is 7.02. The maximum Gasteiger partial charge on any atom is 0.268 e. The van der Waals surface area contributed by atoms with Crippen molar-refractivity contribution in [3.8, 4) is 0 Å². The van der Waals surface area contributed by atoms with E-state index in [1.54, 1.807) is 18.2 Å². The van der Waals surface area contributed by atoms with Crippen LogP contribution in [-0.2, 0) is 11.3 Å². The number of carbonyl (C=O) groups excluding carboxylic acids is 1. The largest absolute Gasteiger partial charge is 0.548 e. The summed E-state index contributed by atoms with van der Waals surface area (Å²) in [6.45, 7) is -0.377. The summed E-state index contributed by atoms with van der Waals surface area (Å²) in [5, 5.41) is 10.9. The number of aromatic nitrogens is 1. The van der Waals surface area contributed by atoms with Gasteiger partial charge in [-0.2, -0.15) is 0 Å². The van der Waals surface area contributed by atoms with E-state index >= 15 is 0 Å². The number of fused-ring (bicyclic) bond motifs is 1. The van der Waals surface area contributed by atoms with E-state index in [1.807, 2.05) is 6.07 Å². The van der Waals surface area contributed by atoms with E-state index in [0.717, 1.165) is 16.2 Å². The van der Waals surface area contributed by atoms with Gasteiger partial charge in [-0.15, -0.1) is 0 Å². The zero-order chi connectivity index (χ0) is 10.1. The molecule has 0 aliphatic carbocycles. The van der Waals surface area contributed by atoms with Crippen LogP contribution >= 0.6 is 11.5 Å². The number of benzene rings is 1. The zero-order valence-corrected chi connectivity index (χ0v) is 7.91. The van der Waals surface area contributed by atoms with Gasteiger partial charge in [-0.05, 0) is 12.1 Å². The monoisotopic (exact) mass is 208 g/mol. The minimum atomic E-state index is -1.25. The summed E-state index contributed by atoms with van der Waals surface area (Å²) >= 11 is 1.14. The molecule has 0 bridgehead atoms. The summed E-state index contributed by atoms with van der Waals surface area (Å²) < 4.78 is 1.97. The Labute approximate surface area is 83.2 Å². The molecule has 2 rings (SSSR count). The number of rotatable bonds is 2. The van der Waals surface area contributed by atoms with Crippen LogP contribution in [0.5, 0.6) is 0 Å². The average Bonchev–Trinajstić information content (AvgIpc) is 2.44. The van der Waals surface area contributed by atoms with E-state index in [2.05, 4.69) is 0 Å². The smallest absolute Gasteiger partial charge is 0.268 e. The van der Waals surface area contributed by atoms with Crippen molar-refractivity contribution in [1.29, 1.82) is 0 Å². The molecule has 5 heteroatoms. The van der Waals surface area contributed by atoms with Crippen LogP contribution in [0.3, 0.4) is 0 Å². The summed E-state index contributed by atoms with van der Waals surface area (Å²) in [4.78, 5) is 21.9.